The van der Waals surface area contributed by atoms with Crippen LogP contribution in [0, 0.1) is 0 Å². The first kappa shape index (κ1) is 26.1. The van der Waals surface area contributed by atoms with Crippen LogP contribution in [0.1, 0.15) is 25.5 Å². The molecule has 29 heavy (non-hydrogen) atoms. The van der Waals surface area contributed by atoms with Crippen LogP contribution in [0.2, 0.25) is 0 Å². The van der Waals surface area contributed by atoms with E-state index < -0.39 is 9.84 Å². The average Bonchev–Trinajstić information content (AvgIpc) is 2.71. The minimum atomic E-state index is -2.82. The van der Waals surface area contributed by atoms with Gasteiger partial charge in [0.15, 0.2) is 15.8 Å². The van der Waals surface area contributed by atoms with E-state index in [-0.39, 0.29) is 41.5 Å². The van der Waals surface area contributed by atoms with Gasteiger partial charge in [-0.3, -0.25) is 14.8 Å². The van der Waals surface area contributed by atoms with E-state index in [4.69, 9.17) is 0 Å². The smallest absolute Gasteiger partial charge is 0.191 e. The van der Waals surface area contributed by atoms with Crippen molar-refractivity contribution >= 4 is 39.8 Å². The third-order valence-corrected chi connectivity index (χ3v) is 6.89. The molecular weight excluding hydrogens is 501 g/mol. The second-order valence-electron chi connectivity index (χ2n) is 7.02. The standard InChI is InChI=1S/C20H35N5O2S.HI/c1-4-25(5-2)19(18-9-7-6-8-10-18)17-23-20(21-3)22-11-12-24-13-15-28(26,27)16-14-24;/h6-10,19H,4-5,11-17H2,1-3H3,(H2,21,22,23);1H. The summed E-state index contributed by atoms with van der Waals surface area (Å²) in [5, 5.41) is 6.80. The molecule has 0 aliphatic carbocycles. The van der Waals surface area contributed by atoms with Crippen LogP contribution in [0.15, 0.2) is 35.3 Å². The maximum atomic E-state index is 11.5. The molecule has 1 atom stereocenters. The number of guanidine groups is 1. The zero-order chi connectivity index (χ0) is 20.4. The molecule has 1 aromatic rings. The van der Waals surface area contributed by atoms with Crippen molar-refractivity contribution in [2.24, 2.45) is 4.99 Å². The first-order valence-electron chi connectivity index (χ1n) is 10.1. The van der Waals surface area contributed by atoms with Gasteiger partial charge in [0.25, 0.3) is 0 Å². The number of benzene rings is 1. The summed E-state index contributed by atoms with van der Waals surface area (Å²) in [4.78, 5) is 8.95. The van der Waals surface area contributed by atoms with Crippen molar-refractivity contribution in [2.75, 3.05) is 64.4 Å². The number of nitrogens with zero attached hydrogens (tertiary/aromatic N) is 3. The van der Waals surface area contributed by atoms with Gasteiger partial charge in [-0.15, -0.1) is 24.0 Å². The molecule has 0 bridgehead atoms. The normalized spacial score (nSPS) is 18.1. The minimum Gasteiger partial charge on any atom is -0.355 e. The lowest BCUT2D eigenvalue weighted by atomic mass is 10.1. The van der Waals surface area contributed by atoms with Gasteiger partial charge in [0.2, 0.25) is 0 Å². The number of sulfone groups is 1. The van der Waals surface area contributed by atoms with Crippen LogP contribution in [0.3, 0.4) is 0 Å². The molecule has 1 unspecified atom stereocenters. The summed E-state index contributed by atoms with van der Waals surface area (Å²) in [6, 6.07) is 10.8. The second kappa shape index (κ2) is 13.4. The largest absolute Gasteiger partial charge is 0.355 e. The Bertz CT molecular complexity index is 697. The highest BCUT2D eigenvalue weighted by Crippen LogP contribution is 2.19. The molecule has 1 aliphatic rings. The number of hydrogen-bond acceptors (Lipinski definition) is 5. The molecule has 1 aromatic carbocycles. The zero-order valence-corrected chi connectivity index (χ0v) is 20.9. The Kier molecular flexibility index (Phi) is 12.1. The molecule has 9 heteroatoms. The molecule has 7 nitrogen and oxygen atoms in total. The van der Waals surface area contributed by atoms with Crippen LogP contribution in [-0.2, 0) is 9.84 Å². The van der Waals surface area contributed by atoms with E-state index in [1.165, 1.54) is 5.56 Å². The van der Waals surface area contributed by atoms with Gasteiger partial charge in [-0.1, -0.05) is 44.2 Å². The fourth-order valence-electron chi connectivity index (χ4n) is 3.52. The summed E-state index contributed by atoms with van der Waals surface area (Å²) < 4.78 is 23.0. The van der Waals surface area contributed by atoms with E-state index in [9.17, 15) is 8.42 Å². The molecule has 1 heterocycles. The average molecular weight is 538 g/mol. The fourth-order valence-corrected chi connectivity index (χ4v) is 4.79. The number of aliphatic imine (C=N–C) groups is 1. The quantitative estimate of drug-likeness (QED) is 0.283. The minimum absolute atomic E-state index is 0. The number of nitrogens with one attached hydrogen (secondary N) is 2. The van der Waals surface area contributed by atoms with Crippen molar-refractivity contribution in [3.8, 4) is 0 Å². The van der Waals surface area contributed by atoms with E-state index in [0.29, 0.717) is 13.1 Å². The first-order chi connectivity index (χ1) is 13.5. The van der Waals surface area contributed by atoms with E-state index in [1.807, 2.05) is 6.07 Å². The topological polar surface area (TPSA) is 77.0 Å². The molecule has 0 amide bonds. The van der Waals surface area contributed by atoms with Crippen molar-refractivity contribution in [1.82, 2.24) is 20.4 Å². The summed E-state index contributed by atoms with van der Waals surface area (Å²) in [5.74, 6) is 1.31. The lowest BCUT2D eigenvalue weighted by Crippen LogP contribution is -2.47. The van der Waals surface area contributed by atoms with E-state index in [2.05, 4.69) is 63.5 Å². The summed E-state index contributed by atoms with van der Waals surface area (Å²) in [5.41, 5.74) is 1.30. The summed E-state index contributed by atoms with van der Waals surface area (Å²) >= 11 is 0. The van der Waals surface area contributed by atoms with E-state index in [0.717, 1.165) is 38.7 Å². The van der Waals surface area contributed by atoms with Crippen molar-refractivity contribution in [2.45, 2.75) is 19.9 Å². The maximum Gasteiger partial charge on any atom is 0.191 e. The van der Waals surface area contributed by atoms with Crippen molar-refractivity contribution in [1.29, 1.82) is 0 Å². The maximum absolute atomic E-state index is 11.5. The van der Waals surface area contributed by atoms with E-state index in [1.54, 1.807) is 7.05 Å². The number of likely N-dealkylation sites (N-methyl/N-ethyl adjacent to an activating group) is 1. The SMILES string of the molecule is CCN(CC)C(CNC(=NC)NCCN1CCS(=O)(=O)CC1)c1ccccc1.I. The van der Waals surface area contributed by atoms with Crippen LogP contribution in [0.25, 0.3) is 0 Å². The molecule has 0 radical (unpaired) electrons. The zero-order valence-electron chi connectivity index (χ0n) is 17.8. The number of hydrogen-bond donors (Lipinski definition) is 2. The van der Waals surface area contributed by atoms with Gasteiger partial charge in [0, 0.05) is 39.8 Å². The summed E-state index contributed by atoms with van der Waals surface area (Å²) in [6.45, 7) is 9.91. The predicted molar refractivity (Wildman–Crippen MR) is 132 cm³/mol. The lowest BCUT2D eigenvalue weighted by Gasteiger charge is -2.31. The van der Waals surface area contributed by atoms with Gasteiger partial charge in [-0.2, -0.15) is 0 Å². The van der Waals surface area contributed by atoms with Crippen molar-refractivity contribution < 1.29 is 8.42 Å². The Hall–Kier alpha value is -0.910. The molecule has 0 spiro atoms. The van der Waals surface area contributed by atoms with Crippen LogP contribution >= 0.6 is 24.0 Å². The van der Waals surface area contributed by atoms with Gasteiger partial charge in [-0.05, 0) is 18.7 Å². The van der Waals surface area contributed by atoms with Gasteiger partial charge < -0.3 is 10.6 Å². The van der Waals surface area contributed by atoms with Gasteiger partial charge in [0.05, 0.1) is 17.5 Å². The number of rotatable bonds is 9. The monoisotopic (exact) mass is 537 g/mol. The van der Waals surface area contributed by atoms with E-state index >= 15 is 0 Å². The second-order valence-corrected chi connectivity index (χ2v) is 9.32. The molecule has 2 rings (SSSR count). The molecule has 2 N–H and O–H groups in total. The first-order valence-corrected chi connectivity index (χ1v) is 12.0. The van der Waals surface area contributed by atoms with Crippen LogP contribution in [-0.4, -0.2) is 88.5 Å². The molecule has 0 aromatic heterocycles. The molecule has 0 saturated carbocycles. The molecule has 1 aliphatic heterocycles. The Morgan fingerprint density at radius 2 is 1.76 bits per heavy atom. The van der Waals surface area contributed by atoms with Gasteiger partial charge in [0.1, 0.15) is 0 Å². The van der Waals surface area contributed by atoms with Crippen LogP contribution in [0.5, 0.6) is 0 Å². The third-order valence-electron chi connectivity index (χ3n) is 5.28. The Morgan fingerprint density at radius 3 is 2.31 bits per heavy atom. The summed E-state index contributed by atoms with van der Waals surface area (Å²) in [7, 11) is -1.05. The lowest BCUT2D eigenvalue weighted by molar-refractivity contribution is 0.219. The highest BCUT2D eigenvalue weighted by atomic mass is 127. The predicted octanol–water partition coefficient (Wildman–Crippen LogP) is 1.58. The third kappa shape index (κ3) is 8.77. The van der Waals surface area contributed by atoms with Crippen LogP contribution in [0.4, 0.5) is 0 Å². The van der Waals surface area contributed by atoms with Crippen molar-refractivity contribution in [3.63, 3.8) is 0 Å². The molecular formula is C20H36IN5O2S. The summed E-state index contributed by atoms with van der Waals surface area (Å²) in [6.07, 6.45) is 0. The Morgan fingerprint density at radius 1 is 1.14 bits per heavy atom. The van der Waals surface area contributed by atoms with Gasteiger partial charge in [-0.25, -0.2) is 8.42 Å². The highest BCUT2D eigenvalue weighted by molar-refractivity contribution is 14.0. The molecule has 166 valence electrons. The Labute approximate surface area is 193 Å². The fraction of sp³-hybridized carbons (Fsp3) is 0.650. The van der Waals surface area contributed by atoms with Gasteiger partial charge >= 0.3 is 0 Å². The van der Waals surface area contributed by atoms with Crippen LogP contribution < -0.4 is 10.6 Å². The highest BCUT2D eigenvalue weighted by Gasteiger charge is 2.21. The molecule has 1 fully saturated rings. The van der Waals surface area contributed by atoms with Crippen molar-refractivity contribution in [3.05, 3.63) is 35.9 Å². The Balaban J connectivity index is 0.00000420. The molecule has 1 saturated heterocycles. The number of halogens is 1.